The van der Waals surface area contributed by atoms with Crippen molar-refractivity contribution < 1.29 is 14.3 Å². The smallest absolute Gasteiger partial charge is 0.337 e. The summed E-state index contributed by atoms with van der Waals surface area (Å²) in [7, 11) is 0. The molecular formula is C18H28N4O3S. The molecule has 144 valence electrons. The van der Waals surface area contributed by atoms with Gasteiger partial charge in [-0.3, -0.25) is 0 Å². The molecule has 7 nitrogen and oxygen atoms in total. The third-order valence-electron chi connectivity index (χ3n) is 4.18. The SMILES string of the molecule is CCOC(=O)C1=C(CSc2nc(C)c(C)n2CC(C)C)NC(=O)NC1C. The lowest BCUT2D eigenvalue weighted by molar-refractivity contribution is -0.138. The molecule has 26 heavy (non-hydrogen) atoms. The fourth-order valence-electron chi connectivity index (χ4n) is 2.84. The van der Waals surface area contributed by atoms with Crippen LogP contribution in [0, 0.1) is 19.8 Å². The standard InChI is InChI=1S/C18H28N4O3S/c1-7-25-16(23)15-12(5)19-17(24)21-14(15)9-26-18-20-11(4)13(6)22(18)8-10(2)3/h10,12H,7-9H2,1-6H3,(H2,19,21,24). The second-order valence-corrected chi connectivity index (χ2v) is 7.73. The van der Waals surface area contributed by atoms with Crippen LogP contribution in [-0.4, -0.2) is 40.0 Å². The van der Waals surface area contributed by atoms with Crippen LogP contribution in [0.2, 0.25) is 0 Å². The predicted octanol–water partition coefficient (Wildman–Crippen LogP) is 2.77. The van der Waals surface area contributed by atoms with Gasteiger partial charge in [-0.05, 0) is 33.6 Å². The third kappa shape index (κ3) is 4.60. The molecule has 8 heteroatoms. The maximum Gasteiger partial charge on any atom is 0.337 e. The van der Waals surface area contributed by atoms with Gasteiger partial charge in [-0.25, -0.2) is 14.6 Å². The van der Waals surface area contributed by atoms with Crippen LogP contribution in [0.3, 0.4) is 0 Å². The fraction of sp³-hybridized carbons (Fsp3) is 0.611. The summed E-state index contributed by atoms with van der Waals surface area (Å²) in [6.07, 6.45) is 0. The van der Waals surface area contributed by atoms with Gasteiger partial charge in [-0.1, -0.05) is 25.6 Å². The second-order valence-electron chi connectivity index (χ2n) is 6.79. The number of urea groups is 1. The zero-order chi connectivity index (χ0) is 19.4. The quantitative estimate of drug-likeness (QED) is 0.561. The molecule has 0 fully saturated rings. The van der Waals surface area contributed by atoms with Gasteiger partial charge in [0.05, 0.1) is 23.9 Å². The van der Waals surface area contributed by atoms with Gasteiger partial charge in [0.2, 0.25) is 0 Å². The largest absolute Gasteiger partial charge is 0.463 e. The molecule has 1 unspecified atom stereocenters. The number of carbonyl (C=O) groups excluding carboxylic acids is 2. The molecule has 0 bridgehead atoms. The summed E-state index contributed by atoms with van der Waals surface area (Å²) in [5.74, 6) is 0.537. The lowest BCUT2D eigenvalue weighted by Gasteiger charge is -2.26. The van der Waals surface area contributed by atoms with Crippen LogP contribution in [0.1, 0.15) is 39.1 Å². The topological polar surface area (TPSA) is 85.2 Å². The molecule has 1 aliphatic heterocycles. The Hall–Kier alpha value is -1.96. The van der Waals surface area contributed by atoms with Crippen molar-refractivity contribution in [1.82, 2.24) is 20.2 Å². The molecule has 0 spiro atoms. The number of carbonyl (C=O) groups is 2. The Morgan fingerprint density at radius 3 is 2.69 bits per heavy atom. The number of hydrogen-bond donors (Lipinski definition) is 2. The molecule has 2 amide bonds. The zero-order valence-corrected chi connectivity index (χ0v) is 17.1. The van der Waals surface area contributed by atoms with Gasteiger partial charge in [0.15, 0.2) is 5.16 Å². The summed E-state index contributed by atoms with van der Waals surface area (Å²) in [6.45, 7) is 13.1. The van der Waals surface area contributed by atoms with Gasteiger partial charge in [0, 0.05) is 23.7 Å². The van der Waals surface area contributed by atoms with Crippen molar-refractivity contribution in [2.24, 2.45) is 5.92 Å². The Morgan fingerprint density at radius 2 is 2.08 bits per heavy atom. The molecule has 1 aromatic rings. The molecule has 1 aromatic heterocycles. The van der Waals surface area contributed by atoms with Gasteiger partial charge >= 0.3 is 12.0 Å². The average molecular weight is 381 g/mol. The van der Waals surface area contributed by atoms with Gasteiger partial charge in [-0.2, -0.15) is 0 Å². The first-order valence-electron chi connectivity index (χ1n) is 8.88. The van der Waals surface area contributed by atoms with Crippen LogP contribution >= 0.6 is 11.8 Å². The van der Waals surface area contributed by atoms with E-state index in [-0.39, 0.29) is 6.03 Å². The minimum absolute atomic E-state index is 0.292. The number of rotatable bonds is 7. The number of aromatic nitrogens is 2. The van der Waals surface area contributed by atoms with Crippen molar-refractivity contribution in [2.75, 3.05) is 12.4 Å². The highest BCUT2D eigenvalue weighted by molar-refractivity contribution is 7.99. The number of amides is 2. The Balaban J connectivity index is 2.27. The van der Waals surface area contributed by atoms with Crippen LogP contribution < -0.4 is 10.6 Å². The van der Waals surface area contributed by atoms with E-state index in [4.69, 9.17) is 4.74 Å². The number of ether oxygens (including phenoxy) is 1. The minimum atomic E-state index is -0.402. The number of nitrogens with one attached hydrogen (secondary N) is 2. The van der Waals surface area contributed by atoms with Gasteiger partial charge in [0.25, 0.3) is 0 Å². The Morgan fingerprint density at radius 1 is 1.38 bits per heavy atom. The third-order valence-corrected chi connectivity index (χ3v) is 5.18. The average Bonchev–Trinajstić information content (AvgIpc) is 2.79. The van der Waals surface area contributed by atoms with E-state index in [2.05, 4.69) is 41.0 Å². The van der Waals surface area contributed by atoms with Crippen LogP contribution in [-0.2, 0) is 16.1 Å². The van der Waals surface area contributed by atoms with Crippen molar-refractivity contribution in [3.63, 3.8) is 0 Å². The van der Waals surface area contributed by atoms with Gasteiger partial charge in [0.1, 0.15) is 0 Å². The van der Waals surface area contributed by atoms with Crippen molar-refractivity contribution in [3.05, 3.63) is 22.7 Å². The van der Waals surface area contributed by atoms with E-state index >= 15 is 0 Å². The molecule has 2 rings (SSSR count). The normalized spacial score (nSPS) is 17.3. The lowest BCUT2D eigenvalue weighted by atomic mass is 10.1. The van der Waals surface area contributed by atoms with Crippen molar-refractivity contribution in [2.45, 2.75) is 59.3 Å². The highest BCUT2D eigenvalue weighted by Gasteiger charge is 2.30. The molecule has 0 radical (unpaired) electrons. The summed E-state index contributed by atoms with van der Waals surface area (Å²) >= 11 is 1.52. The van der Waals surface area contributed by atoms with Crippen molar-refractivity contribution >= 4 is 23.8 Å². The molecule has 2 N–H and O–H groups in total. The molecule has 1 atom stereocenters. The Labute approximate surface area is 159 Å². The number of imidazole rings is 1. The molecular weight excluding hydrogens is 352 g/mol. The number of hydrogen-bond acceptors (Lipinski definition) is 5. The first-order chi connectivity index (χ1) is 12.2. The van der Waals surface area contributed by atoms with Crippen LogP contribution in [0.25, 0.3) is 0 Å². The highest BCUT2D eigenvalue weighted by Crippen LogP contribution is 2.26. The van der Waals surface area contributed by atoms with E-state index in [0.29, 0.717) is 29.5 Å². The number of thioether (sulfide) groups is 1. The summed E-state index contributed by atoms with van der Waals surface area (Å²) in [5, 5.41) is 6.36. The van der Waals surface area contributed by atoms with Gasteiger partial charge < -0.3 is 19.9 Å². The molecule has 0 aliphatic carbocycles. The van der Waals surface area contributed by atoms with Crippen LogP contribution in [0.4, 0.5) is 4.79 Å². The monoisotopic (exact) mass is 380 g/mol. The number of aryl methyl sites for hydroxylation is 1. The number of esters is 1. The zero-order valence-electron chi connectivity index (χ0n) is 16.3. The lowest BCUT2D eigenvalue weighted by Crippen LogP contribution is -2.49. The number of nitrogens with zero attached hydrogens (tertiary/aromatic N) is 2. The summed E-state index contributed by atoms with van der Waals surface area (Å²) in [6, 6.07) is -0.698. The van der Waals surface area contributed by atoms with E-state index in [1.807, 2.05) is 6.92 Å². The fourth-order valence-corrected chi connectivity index (χ4v) is 3.91. The minimum Gasteiger partial charge on any atom is -0.463 e. The van der Waals surface area contributed by atoms with Crippen LogP contribution in [0.15, 0.2) is 16.4 Å². The maximum atomic E-state index is 12.3. The van der Waals surface area contributed by atoms with Crippen molar-refractivity contribution in [1.29, 1.82) is 0 Å². The molecule has 1 aliphatic rings. The predicted molar refractivity (Wildman–Crippen MR) is 102 cm³/mol. The molecule has 2 heterocycles. The Bertz CT molecular complexity index is 724. The van der Waals surface area contributed by atoms with Gasteiger partial charge in [-0.15, -0.1) is 0 Å². The first-order valence-corrected chi connectivity index (χ1v) is 9.87. The second kappa shape index (κ2) is 8.62. The van der Waals surface area contributed by atoms with E-state index in [0.717, 1.165) is 23.1 Å². The highest BCUT2D eigenvalue weighted by atomic mass is 32.2. The van der Waals surface area contributed by atoms with E-state index in [1.54, 1.807) is 13.8 Å². The van der Waals surface area contributed by atoms with E-state index < -0.39 is 12.0 Å². The summed E-state index contributed by atoms with van der Waals surface area (Å²) in [5.41, 5.74) is 3.19. The summed E-state index contributed by atoms with van der Waals surface area (Å²) in [4.78, 5) is 28.8. The van der Waals surface area contributed by atoms with E-state index in [1.165, 1.54) is 11.8 Å². The molecule has 0 aromatic carbocycles. The molecule has 0 saturated carbocycles. The Kier molecular flexibility index (Phi) is 6.75. The van der Waals surface area contributed by atoms with Crippen LogP contribution in [0.5, 0.6) is 0 Å². The first kappa shape index (κ1) is 20.4. The maximum absolute atomic E-state index is 12.3. The molecule has 0 saturated heterocycles. The van der Waals surface area contributed by atoms with E-state index in [9.17, 15) is 9.59 Å². The van der Waals surface area contributed by atoms with Crippen molar-refractivity contribution in [3.8, 4) is 0 Å². The summed E-state index contributed by atoms with van der Waals surface area (Å²) < 4.78 is 7.35.